The van der Waals surface area contributed by atoms with Gasteiger partial charge < -0.3 is 10.8 Å². The van der Waals surface area contributed by atoms with Crippen molar-refractivity contribution in [1.82, 2.24) is 0 Å². The summed E-state index contributed by atoms with van der Waals surface area (Å²) in [7, 11) is 0. The second-order valence-corrected chi connectivity index (χ2v) is 3.43. The van der Waals surface area contributed by atoms with Gasteiger partial charge in [0.15, 0.2) is 0 Å². The Morgan fingerprint density at radius 1 is 1.50 bits per heavy atom. The summed E-state index contributed by atoms with van der Waals surface area (Å²) in [5.41, 5.74) is 5.39. The fraction of sp³-hybridized carbons (Fsp3) is 0.889. The van der Waals surface area contributed by atoms with Crippen molar-refractivity contribution in [3.63, 3.8) is 0 Å². The first-order valence-corrected chi connectivity index (χ1v) is 4.47. The molecule has 3 N–H and O–H groups in total. The van der Waals surface area contributed by atoms with E-state index in [4.69, 9.17) is 10.8 Å². The van der Waals surface area contributed by atoms with Crippen LogP contribution in [-0.4, -0.2) is 17.6 Å². The maximum absolute atomic E-state index is 10.7. The van der Waals surface area contributed by atoms with Gasteiger partial charge in [-0.15, -0.1) is 0 Å². The van der Waals surface area contributed by atoms with Crippen molar-refractivity contribution in [1.29, 1.82) is 0 Å². The number of hydrogen-bond donors (Lipinski definition) is 2. The van der Waals surface area contributed by atoms with Gasteiger partial charge in [-0.3, -0.25) is 4.79 Å². The minimum Gasteiger partial charge on any atom is -0.481 e. The highest BCUT2D eigenvalue weighted by Gasteiger charge is 2.26. The van der Waals surface area contributed by atoms with E-state index >= 15 is 0 Å². The Morgan fingerprint density at radius 2 is 2.00 bits per heavy atom. The van der Waals surface area contributed by atoms with E-state index in [-0.39, 0.29) is 18.4 Å². The van der Waals surface area contributed by atoms with Crippen LogP contribution in [0.2, 0.25) is 0 Å². The normalized spacial score (nSPS) is 18.3. The van der Waals surface area contributed by atoms with Crippen LogP contribution in [0.25, 0.3) is 0 Å². The summed E-state index contributed by atoms with van der Waals surface area (Å²) < 4.78 is 0. The average Bonchev–Trinajstić information content (AvgIpc) is 2.03. The number of rotatable bonds is 5. The monoisotopic (exact) mass is 173 g/mol. The molecule has 0 aromatic rings. The molecule has 0 radical (unpaired) electrons. The van der Waals surface area contributed by atoms with Crippen LogP contribution in [0.15, 0.2) is 0 Å². The Labute approximate surface area is 74.0 Å². The van der Waals surface area contributed by atoms with E-state index in [1.165, 1.54) is 0 Å². The smallest absolute Gasteiger partial charge is 0.308 e. The molecule has 0 amide bonds. The van der Waals surface area contributed by atoms with Crippen molar-refractivity contribution in [2.75, 3.05) is 6.54 Å². The Morgan fingerprint density at radius 3 is 2.25 bits per heavy atom. The summed E-state index contributed by atoms with van der Waals surface area (Å²) in [6, 6.07) is 0. The third-order valence-electron chi connectivity index (χ3n) is 2.75. The molecule has 3 atom stereocenters. The van der Waals surface area contributed by atoms with Gasteiger partial charge in [0.2, 0.25) is 0 Å². The van der Waals surface area contributed by atoms with Crippen molar-refractivity contribution in [2.45, 2.75) is 27.2 Å². The quantitative estimate of drug-likeness (QED) is 0.659. The average molecular weight is 173 g/mol. The fourth-order valence-corrected chi connectivity index (χ4v) is 1.31. The first-order valence-electron chi connectivity index (χ1n) is 4.47. The molecule has 0 aliphatic rings. The first-order chi connectivity index (χ1) is 5.54. The maximum Gasteiger partial charge on any atom is 0.308 e. The molecule has 0 spiro atoms. The van der Waals surface area contributed by atoms with Crippen LogP contribution in [0.3, 0.4) is 0 Å². The number of carboxylic acids is 1. The molecule has 0 aromatic carbocycles. The van der Waals surface area contributed by atoms with E-state index in [1.807, 2.05) is 6.92 Å². The highest BCUT2D eigenvalue weighted by molar-refractivity contribution is 5.70. The van der Waals surface area contributed by atoms with Crippen LogP contribution in [0.5, 0.6) is 0 Å². The van der Waals surface area contributed by atoms with Crippen LogP contribution in [-0.2, 0) is 4.79 Å². The molecule has 0 fully saturated rings. The van der Waals surface area contributed by atoms with Crippen molar-refractivity contribution >= 4 is 5.97 Å². The van der Waals surface area contributed by atoms with Crippen molar-refractivity contribution < 1.29 is 9.90 Å². The van der Waals surface area contributed by atoms with Crippen LogP contribution < -0.4 is 5.73 Å². The number of aliphatic carboxylic acids is 1. The second-order valence-electron chi connectivity index (χ2n) is 3.43. The van der Waals surface area contributed by atoms with Crippen LogP contribution in [0.4, 0.5) is 0 Å². The molecule has 72 valence electrons. The SMILES string of the molecule is CCC(C)C(C)C(CN)C(=O)O. The molecule has 0 saturated carbocycles. The lowest BCUT2D eigenvalue weighted by molar-refractivity contribution is -0.143. The van der Waals surface area contributed by atoms with E-state index < -0.39 is 5.97 Å². The second kappa shape index (κ2) is 5.14. The summed E-state index contributed by atoms with van der Waals surface area (Å²) in [5.74, 6) is -0.572. The van der Waals surface area contributed by atoms with Crippen LogP contribution in [0, 0.1) is 17.8 Å². The lowest BCUT2D eigenvalue weighted by Gasteiger charge is -2.23. The number of hydrogen-bond acceptors (Lipinski definition) is 2. The summed E-state index contributed by atoms with van der Waals surface area (Å²) in [6.07, 6.45) is 1.00. The molecule has 3 unspecified atom stereocenters. The topological polar surface area (TPSA) is 63.3 Å². The maximum atomic E-state index is 10.7. The molecule has 3 nitrogen and oxygen atoms in total. The molecule has 0 saturated heterocycles. The molecule has 3 heteroatoms. The van der Waals surface area contributed by atoms with E-state index in [1.54, 1.807) is 0 Å². The molecule has 0 aliphatic heterocycles. The lowest BCUT2D eigenvalue weighted by atomic mass is 9.82. The van der Waals surface area contributed by atoms with Gasteiger partial charge in [-0.05, 0) is 11.8 Å². The van der Waals surface area contributed by atoms with Gasteiger partial charge in [0, 0.05) is 6.54 Å². The minimum atomic E-state index is -0.773. The zero-order chi connectivity index (χ0) is 9.72. The molecule has 0 heterocycles. The predicted octanol–water partition coefficient (Wildman–Crippen LogP) is 1.33. The van der Waals surface area contributed by atoms with Gasteiger partial charge in [-0.25, -0.2) is 0 Å². The Kier molecular flexibility index (Phi) is 4.90. The lowest BCUT2D eigenvalue weighted by Crippen LogP contribution is -2.32. The van der Waals surface area contributed by atoms with Gasteiger partial charge >= 0.3 is 5.97 Å². The highest BCUT2D eigenvalue weighted by atomic mass is 16.4. The summed E-state index contributed by atoms with van der Waals surface area (Å²) >= 11 is 0. The summed E-state index contributed by atoms with van der Waals surface area (Å²) in [6.45, 7) is 6.33. The van der Waals surface area contributed by atoms with Crippen molar-refractivity contribution in [2.24, 2.45) is 23.5 Å². The molecule has 12 heavy (non-hydrogen) atoms. The van der Waals surface area contributed by atoms with Gasteiger partial charge in [0.25, 0.3) is 0 Å². The molecular formula is C9H19NO2. The van der Waals surface area contributed by atoms with E-state index in [9.17, 15) is 4.79 Å². The standard InChI is InChI=1S/C9H19NO2/c1-4-6(2)7(3)8(5-10)9(11)12/h6-8H,4-5,10H2,1-3H3,(H,11,12). The molecule has 0 aliphatic carbocycles. The minimum absolute atomic E-state index is 0.164. The number of carboxylic acid groups (broad SMARTS) is 1. The van der Waals surface area contributed by atoms with Crippen molar-refractivity contribution in [3.05, 3.63) is 0 Å². The zero-order valence-electron chi connectivity index (χ0n) is 8.08. The Hall–Kier alpha value is -0.570. The zero-order valence-corrected chi connectivity index (χ0v) is 8.08. The largest absolute Gasteiger partial charge is 0.481 e. The first kappa shape index (κ1) is 11.4. The molecule has 0 bridgehead atoms. The number of nitrogens with two attached hydrogens (primary N) is 1. The number of carbonyl (C=O) groups is 1. The fourth-order valence-electron chi connectivity index (χ4n) is 1.31. The van der Waals surface area contributed by atoms with Gasteiger partial charge in [0.05, 0.1) is 5.92 Å². The third-order valence-corrected chi connectivity index (χ3v) is 2.75. The van der Waals surface area contributed by atoms with E-state index in [0.29, 0.717) is 5.92 Å². The summed E-state index contributed by atoms with van der Waals surface area (Å²) in [4.78, 5) is 10.7. The van der Waals surface area contributed by atoms with Crippen LogP contribution >= 0.6 is 0 Å². The highest BCUT2D eigenvalue weighted by Crippen LogP contribution is 2.22. The Balaban J connectivity index is 4.20. The van der Waals surface area contributed by atoms with Gasteiger partial charge in [-0.1, -0.05) is 27.2 Å². The molecular weight excluding hydrogens is 154 g/mol. The van der Waals surface area contributed by atoms with Crippen molar-refractivity contribution in [3.8, 4) is 0 Å². The van der Waals surface area contributed by atoms with E-state index in [2.05, 4.69) is 13.8 Å². The van der Waals surface area contributed by atoms with Gasteiger partial charge in [-0.2, -0.15) is 0 Å². The summed E-state index contributed by atoms with van der Waals surface area (Å²) in [5, 5.41) is 8.81. The molecule has 0 rings (SSSR count). The Bertz CT molecular complexity index is 147. The predicted molar refractivity (Wildman–Crippen MR) is 48.8 cm³/mol. The molecule has 0 aromatic heterocycles. The van der Waals surface area contributed by atoms with Crippen LogP contribution in [0.1, 0.15) is 27.2 Å². The van der Waals surface area contributed by atoms with Gasteiger partial charge in [0.1, 0.15) is 0 Å². The van der Waals surface area contributed by atoms with E-state index in [0.717, 1.165) is 6.42 Å². The third kappa shape index (κ3) is 2.81.